The van der Waals surface area contributed by atoms with Crippen molar-refractivity contribution < 1.29 is 33.2 Å². The number of carbonyl (C=O) groups is 1. The zero-order chi connectivity index (χ0) is 28.6. The van der Waals surface area contributed by atoms with Crippen LogP contribution in [0, 0.1) is 0 Å². The van der Waals surface area contributed by atoms with Gasteiger partial charge in [0.25, 0.3) is 0 Å². The molecule has 0 saturated carbocycles. The van der Waals surface area contributed by atoms with Crippen LogP contribution in [0.4, 0.5) is 0 Å². The molecule has 0 spiro atoms. The summed E-state index contributed by atoms with van der Waals surface area (Å²) in [5.41, 5.74) is 2.93. The Morgan fingerprint density at radius 1 is 0.700 bits per heavy atom. The van der Waals surface area contributed by atoms with Gasteiger partial charge < -0.3 is 33.3 Å². The lowest BCUT2D eigenvalue weighted by Gasteiger charge is -2.20. The van der Waals surface area contributed by atoms with Crippen LogP contribution >= 0.6 is 0 Å². The van der Waals surface area contributed by atoms with Crippen molar-refractivity contribution in [2.75, 3.05) is 56.3 Å². The number of nitrogens with zero attached hydrogens (tertiary/aromatic N) is 1. The van der Waals surface area contributed by atoms with Gasteiger partial charge in [0.2, 0.25) is 5.78 Å². The third kappa shape index (κ3) is 4.29. The van der Waals surface area contributed by atoms with Crippen LogP contribution in [0.2, 0.25) is 0 Å². The van der Waals surface area contributed by atoms with Gasteiger partial charge in [0.1, 0.15) is 0 Å². The topological polar surface area (TPSA) is 75.7 Å². The maximum atomic E-state index is 13.9. The SMILES string of the molecule is COc1ccc(C(=O)C2=Cc3c(OC)c(OC)c4c(ccc5cc(OC)c(OC)cc54)c3CCN2C)cc1OC. The van der Waals surface area contributed by atoms with Crippen molar-refractivity contribution in [1.82, 2.24) is 4.90 Å². The van der Waals surface area contributed by atoms with Crippen molar-refractivity contribution in [3.8, 4) is 34.5 Å². The van der Waals surface area contributed by atoms with Crippen LogP contribution in [0.25, 0.3) is 27.6 Å². The molecule has 4 aromatic rings. The molecule has 5 rings (SSSR count). The highest BCUT2D eigenvalue weighted by Crippen LogP contribution is 2.48. The molecule has 8 nitrogen and oxygen atoms in total. The molecule has 0 fully saturated rings. The lowest BCUT2D eigenvalue weighted by Crippen LogP contribution is -2.24. The van der Waals surface area contributed by atoms with Gasteiger partial charge in [-0.05, 0) is 64.6 Å². The number of allylic oxidation sites excluding steroid dienone is 1. The number of methoxy groups -OCH3 is 6. The maximum absolute atomic E-state index is 13.9. The summed E-state index contributed by atoms with van der Waals surface area (Å²) in [6.45, 7) is 0.631. The van der Waals surface area contributed by atoms with E-state index in [0.29, 0.717) is 58.7 Å². The predicted molar refractivity (Wildman–Crippen MR) is 156 cm³/mol. The molecule has 1 aliphatic rings. The fourth-order valence-electron chi connectivity index (χ4n) is 5.50. The molecule has 0 saturated heterocycles. The molecule has 40 heavy (non-hydrogen) atoms. The normalized spacial score (nSPS) is 12.9. The monoisotopic (exact) mass is 543 g/mol. The fourth-order valence-corrected chi connectivity index (χ4v) is 5.50. The highest BCUT2D eigenvalue weighted by molar-refractivity contribution is 6.16. The largest absolute Gasteiger partial charge is 0.493 e. The average Bonchev–Trinajstić information content (AvgIpc) is 3.17. The smallest absolute Gasteiger partial charge is 0.209 e. The van der Waals surface area contributed by atoms with Gasteiger partial charge >= 0.3 is 0 Å². The number of ketones is 1. The third-order valence-electron chi connectivity index (χ3n) is 7.53. The van der Waals surface area contributed by atoms with Gasteiger partial charge in [-0.2, -0.15) is 0 Å². The van der Waals surface area contributed by atoms with Crippen molar-refractivity contribution in [2.45, 2.75) is 6.42 Å². The zero-order valence-electron chi connectivity index (χ0n) is 23.8. The summed E-state index contributed by atoms with van der Waals surface area (Å²) in [6, 6.07) is 13.3. The maximum Gasteiger partial charge on any atom is 0.209 e. The van der Waals surface area contributed by atoms with Crippen LogP contribution in [0.1, 0.15) is 21.5 Å². The number of ether oxygens (including phenoxy) is 6. The Morgan fingerprint density at radius 3 is 2.00 bits per heavy atom. The van der Waals surface area contributed by atoms with E-state index in [9.17, 15) is 4.79 Å². The summed E-state index contributed by atoms with van der Waals surface area (Å²) in [4.78, 5) is 15.8. The van der Waals surface area contributed by atoms with Crippen LogP contribution < -0.4 is 28.4 Å². The van der Waals surface area contributed by atoms with E-state index in [1.165, 1.54) is 0 Å². The molecule has 0 atom stereocenters. The van der Waals surface area contributed by atoms with Crippen LogP contribution in [-0.4, -0.2) is 66.9 Å². The third-order valence-corrected chi connectivity index (χ3v) is 7.53. The van der Waals surface area contributed by atoms with Crippen molar-refractivity contribution in [1.29, 1.82) is 0 Å². The number of likely N-dealkylation sites (N-methyl/N-ethyl adjacent to an activating group) is 1. The van der Waals surface area contributed by atoms with E-state index in [1.807, 2.05) is 30.2 Å². The van der Waals surface area contributed by atoms with Crippen molar-refractivity contribution >= 4 is 33.4 Å². The van der Waals surface area contributed by atoms with Crippen LogP contribution in [-0.2, 0) is 6.42 Å². The molecular formula is C32H33NO7. The van der Waals surface area contributed by atoms with E-state index >= 15 is 0 Å². The van der Waals surface area contributed by atoms with Gasteiger partial charge in [0, 0.05) is 30.1 Å². The molecule has 0 aliphatic carbocycles. The number of Topliss-reactive ketones (excluding diaryl/α,β-unsaturated/α-hetero) is 1. The lowest BCUT2D eigenvalue weighted by atomic mass is 9.91. The number of rotatable bonds is 8. The highest BCUT2D eigenvalue weighted by atomic mass is 16.5. The Hall–Kier alpha value is -4.59. The molecule has 208 valence electrons. The molecular weight excluding hydrogens is 510 g/mol. The Balaban J connectivity index is 1.78. The first-order valence-electron chi connectivity index (χ1n) is 12.8. The van der Waals surface area contributed by atoms with Gasteiger partial charge in [-0.25, -0.2) is 0 Å². The van der Waals surface area contributed by atoms with Crippen molar-refractivity contribution in [2.24, 2.45) is 0 Å². The summed E-state index contributed by atoms with van der Waals surface area (Å²) in [5.74, 6) is 3.36. The number of benzene rings is 4. The van der Waals surface area contributed by atoms with E-state index < -0.39 is 0 Å². The number of fused-ring (bicyclic) bond motifs is 5. The fraction of sp³-hybridized carbons (Fsp3) is 0.281. The second-order valence-electron chi connectivity index (χ2n) is 9.48. The van der Waals surface area contributed by atoms with E-state index in [1.54, 1.807) is 60.9 Å². The molecule has 0 aromatic heterocycles. The van der Waals surface area contributed by atoms with Crippen molar-refractivity contribution in [3.63, 3.8) is 0 Å². The minimum absolute atomic E-state index is 0.132. The van der Waals surface area contributed by atoms with Gasteiger partial charge in [-0.1, -0.05) is 12.1 Å². The van der Waals surface area contributed by atoms with Gasteiger partial charge in [-0.3, -0.25) is 4.79 Å². The first kappa shape index (κ1) is 27.0. The molecule has 0 radical (unpaired) electrons. The zero-order valence-corrected chi connectivity index (χ0v) is 23.8. The van der Waals surface area contributed by atoms with E-state index in [-0.39, 0.29) is 5.78 Å². The van der Waals surface area contributed by atoms with Gasteiger partial charge in [-0.15, -0.1) is 0 Å². The molecule has 8 heteroatoms. The Labute approximate surface area is 233 Å². The second kappa shape index (κ2) is 10.9. The Bertz CT molecular complexity index is 1660. The van der Waals surface area contributed by atoms with Crippen molar-refractivity contribution in [3.05, 3.63) is 64.9 Å². The Morgan fingerprint density at radius 2 is 1.35 bits per heavy atom. The predicted octanol–water partition coefficient (Wildman–Crippen LogP) is 5.76. The van der Waals surface area contributed by atoms with E-state index in [4.69, 9.17) is 28.4 Å². The van der Waals surface area contributed by atoms with Crippen LogP contribution in [0.15, 0.2) is 48.2 Å². The van der Waals surface area contributed by atoms with E-state index in [0.717, 1.165) is 32.7 Å². The lowest BCUT2D eigenvalue weighted by molar-refractivity contribution is 0.100. The van der Waals surface area contributed by atoms with E-state index in [2.05, 4.69) is 12.1 Å². The molecule has 0 bridgehead atoms. The summed E-state index contributed by atoms with van der Waals surface area (Å²) < 4.78 is 33.9. The first-order chi connectivity index (χ1) is 19.4. The molecule has 0 N–H and O–H groups in total. The summed E-state index contributed by atoms with van der Waals surface area (Å²) in [7, 11) is 11.5. The molecule has 4 aromatic carbocycles. The number of carbonyl (C=O) groups excluding carboxylic acids is 1. The number of hydrogen-bond acceptors (Lipinski definition) is 8. The quantitative estimate of drug-likeness (QED) is 0.205. The molecule has 1 aliphatic heterocycles. The van der Waals surface area contributed by atoms with Crippen LogP contribution in [0.5, 0.6) is 34.5 Å². The van der Waals surface area contributed by atoms with Crippen LogP contribution in [0.3, 0.4) is 0 Å². The summed E-state index contributed by atoms with van der Waals surface area (Å²) >= 11 is 0. The molecule has 0 unspecified atom stereocenters. The van der Waals surface area contributed by atoms with Gasteiger partial charge in [0.15, 0.2) is 34.5 Å². The standard InChI is InChI=1S/C32H33NO7/c1-33-13-12-20-21-10-8-18-14-27(37-4)28(38-5)17-22(18)29(21)32(40-7)31(39-6)23(20)16-24(33)30(34)19-9-11-25(35-2)26(15-19)36-3/h8-11,14-17H,12-13H2,1-7H3. The summed E-state index contributed by atoms with van der Waals surface area (Å²) in [5, 5.41) is 3.88. The average molecular weight is 544 g/mol. The molecule has 0 amide bonds. The minimum Gasteiger partial charge on any atom is -0.493 e. The molecule has 1 heterocycles. The number of hydrogen-bond donors (Lipinski definition) is 0. The Kier molecular flexibility index (Phi) is 7.34. The minimum atomic E-state index is -0.132. The second-order valence-corrected chi connectivity index (χ2v) is 9.48. The first-order valence-corrected chi connectivity index (χ1v) is 12.8. The van der Waals surface area contributed by atoms with Gasteiger partial charge in [0.05, 0.1) is 48.4 Å². The summed E-state index contributed by atoms with van der Waals surface area (Å²) in [6.07, 6.45) is 2.60. The highest BCUT2D eigenvalue weighted by Gasteiger charge is 2.28.